The molecule has 0 aliphatic rings. The lowest BCUT2D eigenvalue weighted by Crippen LogP contribution is -2.58. The largest absolute Gasteiger partial charge is 0.480 e. The number of carbonyl (C=O) groups is 4. The molecule has 0 spiro atoms. The highest BCUT2D eigenvalue weighted by Crippen LogP contribution is 2.06. The van der Waals surface area contributed by atoms with Gasteiger partial charge in [-0.3, -0.25) is 19.2 Å². The van der Waals surface area contributed by atoms with Crippen molar-refractivity contribution in [1.29, 1.82) is 0 Å². The van der Waals surface area contributed by atoms with Crippen molar-refractivity contribution in [2.75, 3.05) is 6.61 Å². The van der Waals surface area contributed by atoms with Crippen LogP contribution in [-0.4, -0.2) is 64.7 Å². The van der Waals surface area contributed by atoms with E-state index in [1.807, 2.05) is 13.8 Å². The molecule has 0 saturated heterocycles. The summed E-state index contributed by atoms with van der Waals surface area (Å²) in [6, 6.07) is -4.26. The van der Waals surface area contributed by atoms with Crippen LogP contribution >= 0.6 is 0 Å². The Morgan fingerprint density at radius 1 is 0.852 bits per heavy atom. The molecule has 0 bridgehead atoms. The normalized spacial score (nSPS) is 15.6. The molecular formula is C17H32N4O6. The van der Waals surface area contributed by atoms with Crippen molar-refractivity contribution in [2.45, 2.75) is 65.2 Å². The first kappa shape index (κ1) is 24.8. The lowest BCUT2D eigenvalue weighted by Gasteiger charge is -2.25. The van der Waals surface area contributed by atoms with Crippen LogP contribution in [0.1, 0.15) is 41.0 Å². The van der Waals surface area contributed by atoms with Gasteiger partial charge in [-0.1, -0.05) is 27.7 Å². The van der Waals surface area contributed by atoms with Crippen LogP contribution in [0.3, 0.4) is 0 Å². The minimum absolute atomic E-state index is 0.0257. The maximum atomic E-state index is 12.4. The second kappa shape index (κ2) is 11.5. The molecule has 0 heterocycles. The number of rotatable bonds is 11. The van der Waals surface area contributed by atoms with Crippen LogP contribution in [0.25, 0.3) is 0 Å². The number of hydrogen-bond donors (Lipinski definition) is 6. The number of aliphatic hydroxyl groups is 1. The molecule has 156 valence electrons. The number of nitrogens with one attached hydrogen (secondary N) is 3. The summed E-state index contributed by atoms with van der Waals surface area (Å²) in [6.45, 7) is 7.78. The predicted molar refractivity (Wildman–Crippen MR) is 98.5 cm³/mol. The predicted octanol–water partition coefficient (Wildman–Crippen LogP) is -1.43. The molecular weight excluding hydrogens is 356 g/mol. The Morgan fingerprint density at radius 3 is 1.74 bits per heavy atom. The SMILES string of the molecule is CC(C)CC(NC(=O)C(CO)NC(=O)C(N)C(C)C)C(=O)NC(C)C(=O)O. The topological polar surface area (TPSA) is 171 Å². The zero-order valence-corrected chi connectivity index (χ0v) is 16.5. The van der Waals surface area contributed by atoms with Crippen LogP contribution in [0, 0.1) is 11.8 Å². The van der Waals surface area contributed by atoms with Crippen molar-refractivity contribution in [1.82, 2.24) is 16.0 Å². The summed E-state index contributed by atoms with van der Waals surface area (Å²) in [7, 11) is 0. The van der Waals surface area contributed by atoms with Gasteiger partial charge in [0.05, 0.1) is 12.6 Å². The summed E-state index contributed by atoms with van der Waals surface area (Å²) in [6.07, 6.45) is 0.252. The third-order valence-electron chi connectivity index (χ3n) is 3.91. The third-order valence-corrected chi connectivity index (χ3v) is 3.91. The summed E-state index contributed by atoms with van der Waals surface area (Å²) < 4.78 is 0. The van der Waals surface area contributed by atoms with E-state index in [1.165, 1.54) is 6.92 Å². The molecule has 7 N–H and O–H groups in total. The van der Waals surface area contributed by atoms with E-state index in [9.17, 15) is 24.3 Å². The van der Waals surface area contributed by atoms with Gasteiger partial charge in [0.1, 0.15) is 18.1 Å². The fourth-order valence-electron chi connectivity index (χ4n) is 2.12. The van der Waals surface area contributed by atoms with Crippen LogP contribution in [0.4, 0.5) is 0 Å². The minimum Gasteiger partial charge on any atom is -0.480 e. The van der Waals surface area contributed by atoms with Gasteiger partial charge in [-0.15, -0.1) is 0 Å². The van der Waals surface area contributed by atoms with E-state index in [0.29, 0.717) is 0 Å². The zero-order chi connectivity index (χ0) is 21.3. The molecule has 27 heavy (non-hydrogen) atoms. The van der Waals surface area contributed by atoms with Crippen molar-refractivity contribution in [3.05, 3.63) is 0 Å². The van der Waals surface area contributed by atoms with E-state index < -0.39 is 54.5 Å². The fraction of sp³-hybridized carbons (Fsp3) is 0.765. The fourth-order valence-corrected chi connectivity index (χ4v) is 2.12. The van der Waals surface area contributed by atoms with Crippen molar-refractivity contribution < 1.29 is 29.4 Å². The Labute approximate surface area is 159 Å². The molecule has 0 rings (SSSR count). The van der Waals surface area contributed by atoms with Crippen molar-refractivity contribution in [2.24, 2.45) is 17.6 Å². The van der Waals surface area contributed by atoms with Crippen LogP contribution in [0.2, 0.25) is 0 Å². The highest BCUT2D eigenvalue weighted by molar-refractivity contribution is 5.94. The van der Waals surface area contributed by atoms with Crippen molar-refractivity contribution >= 4 is 23.7 Å². The molecule has 0 fully saturated rings. The molecule has 0 radical (unpaired) electrons. The molecule has 0 aromatic heterocycles. The second-order valence-electron chi connectivity index (χ2n) is 7.27. The van der Waals surface area contributed by atoms with Gasteiger partial charge in [-0.05, 0) is 25.2 Å². The van der Waals surface area contributed by atoms with Gasteiger partial charge < -0.3 is 31.9 Å². The maximum Gasteiger partial charge on any atom is 0.325 e. The molecule has 0 aliphatic carbocycles. The number of carboxylic acid groups (broad SMARTS) is 1. The molecule has 0 saturated carbocycles. The first-order valence-corrected chi connectivity index (χ1v) is 8.91. The summed E-state index contributed by atoms with van der Waals surface area (Å²) in [4.78, 5) is 47.6. The Morgan fingerprint density at radius 2 is 1.33 bits per heavy atom. The Balaban J connectivity index is 5.10. The van der Waals surface area contributed by atoms with Crippen molar-refractivity contribution in [3.8, 4) is 0 Å². The second-order valence-corrected chi connectivity index (χ2v) is 7.27. The van der Waals surface area contributed by atoms with Gasteiger partial charge in [0.25, 0.3) is 0 Å². The third kappa shape index (κ3) is 8.83. The average Bonchev–Trinajstić information content (AvgIpc) is 2.56. The van der Waals surface area contributed by atoms with Gasteiger partial charge in [0.2, 0.25) is 17.7 Å². The molecule has 0 aromatic carbocycles. The zero-order valence-electron chi connectivity index (χ0n) is 16.5. The first-order chi connectivity index (χ1) is 12.4. The van der Waals surface area contributed by atoms with E-state index in [1.54, 1.807) is 13.8 Å². The Hall–Kier alpha value is -2.20. The maximum absolute atomic E-state index is 12.4. The number of amides is 3. The van der Waals surface area contributed by atoms with Gasteiger partial charge >= 0.3 is 5.97 Å². The summed E-state index contributed by atoms with van der Waals surface area (Å²) >= 11 is 0. The van der Waals surface area contributed by atoms with Crippen molar-refractivity contribution in [3.63, 3.8) is 0 Å². The quantitative estimate of drug-likeness (QED) is 0.252. The van der Waals surface area contributed by atoms with Crippen LogP contribution < -0.4 is 21.7 Å². The average molecular weight is 388 g/mol. The van der Waals surface area contributed by atoms with Gasteiger partial charge in [-0.2, -0.15) is 0 Å². The van der Waals surface area contributed by atoms with Crippen LogP contribution in [0.5, 0.6) is 0 Å². The molecule has 10 heteroatoms. The van der Waals surface area contributed by atoms with E-state index in [0.717, 1.165) is 0 Å². The van der Waals surface area contributed by atoms with E-state index in [4.69, 9.17) is 10.8 Å². The molecule has 10 nitrogen and oxygen atoms in total. The lowest BCUT2D eigenvalue weighted by molar-refractivity contribution is -0.142. The number of carboxylic acids is 1. The molecule has 0 aliphatic heterocycles. The number of nitrogens with two attached hydrogens (primary N) is 1. The Bertz CT molecular complexity index is 538. The van der Waals surface area contributed by atoms with E-state index in [2.05, 4.69) is 16.0 Å². The molecule has 4 unspecified atom stereocenters. The van der Waals surface area contributed by atoms with E-state index in [-0.39, 0.29) is 18.3 Å². The summed E-state index contributed by atoms with van der Waals surface area (Å²) in [5, 5.41) is 25.4. The number of carbonyl (C=O) groups excluding carboxylic acids is 3. The van der Waals surface area contributed by atoms with Gasteiger partial charge in [0.15, 0.2) is 0 Å². The summed E-state index contributed by atoms with van der Waals surface area (Å²) in [5.74, 6) is -3.36. The van der Waals surface area contributed by atoms with Crippen LogP contribution in [-0.2, 0) is 19.2 Å². The summed E-state index contributed by atoms with van der Waals surface area (Å²) in [5.41, 5.74) is 5.72. The number of hydrogen-bond acceptors (Lipinski definition) is 6. The highest BCUT2D eigenvalue weighted by Gasteiger charge is 2.29. The number of aliphatic hydroxyl groups excluding tert-OH is 1. The smallest absolute Gasteiger partial charge is 0.325 e. The number of aliphatic carboxylic acids is 1. The van der Waals surface area contributed by atoms with Crippen LogP contribution in [0.15, 0.2) is 0 Å². The molecule has 3 amide bonds. The standard InChI is InChI=1S/C17H32N4O6/c1-8(2)6-11(14(23)19-10(5)17(26)27)20-15(24)12(7-22)21-16(25)13(18)9(3)4/h8-13,22H,6-7,18H2,1-5H3,(H,19,23)(H,20,24)(H,21,25)(H,26,27). The Kier molecular flexibility index (Phi) is 10.6. The van der Waals surface area contributed by atoms with Gasteiger partial charge in [-0.25, -0.2) is 0 Å². The van der Waals surface area contributed by atoms with E-state index >= 15 is 0 Å². The monoisotopic (exact) mass is 388 g/mol. The molecule has 4 atom stereocenters. The molecule has 0 aromatic rings. The van der Waals surface area contributed by atoms with Gasteiger partial charge in [0, 0.05) is 0 Å². The lowest BCUT2D eigenvalue weighted by atomic mass is 10.0. The highest BCUT2D eigenvalue weighted by atomic mass is 16.4. The minimum atomic E-state index is -1.28. The first-order valence-electron chi connectivity index (χ1n) is 8.91.